The van der Waals surface area contributed by atoms with Crippen LogP contribution in [0.5, 0.6) is 0 Å². The van der Waals surface area contributed by atoms with Crippen molar-refractivity contribution in [1.82, 2.24) is 19.5 Å². The van der Waals surface area contributed by atoms with Crippen LogP contribution in [-0.2, 0) is 11.2 Å². The zero-order valence-electron chi connectivity index (χ0n) is 22.4. The normalized spacial score (nSPS) is 18.4. The van der Waals surface area contributed by atoms with Gasteiger partial charge in [0.1, 0.15) is 5.82 Å². The molecule has 3 heterocycles. The molecule has 0 bridgehead atoms. The Balaban J connectivity index is 1.15. The van der Waals surface area contributed by atoms with E-state index in [9.17, 15) is 14.0 Å². The van der Waals surface area contributed by atoms with E-state index in [0.29, 0.717) is 55.2 Å². The second-order valence-electron chi connectivity index (χ2n) is 10.6. The summed E-state index contributed by atoms with van der Waals surface area (Å²) in [7, 11) is 0. The van der Waals surface area contributed by atoms with Crippen molar-refractivity contribution in [3.05, 3.63) is 101 Å². The molecule has 2 N–H and O–H groups in total. The first-order chi connectivity index (χ1) is 20.0. The highest BCUT2D eigenvalue weighted by Crippen LogP contribution is 2.46. The highest BCUT2D eigenvalue weighted by molar-refractivity contribution is 5.80. The van der Waals surface area contributed by atoms with Gasteiger partial charge < -0.3 is 10.6 Å². The second-order valence-corrected chi connectivity index (χ2v) is 10.6. The number of hydrogen-bond acceptors (Lipinski definition) is 7. The number of aromatic nitrogens is 4. The van der Waals surface area contributed by atoms with Gasteiger partial charge in [-0.25, -0.2) is 19.3 Å². The lowest BCUT2D eigenvalue weighted by Crippen LogP contribution is -2.54. The van der Waals surface area contributed by atoms with E-state index in [2.05, 4.69) is 19.9 Å². The zero-order chi connectivity index (χ0) is 28.3. The van der Waals surface area contributed by atoms with Crippen LogP contribution in [0.2, 0.25) is 0 Å². The smallest absolute Gasteiger partial charge is 0.298 e. The van der Waals surface area contributed by atoms with Gasteiger partial charge >= 0.3 is 0 Å². The molecule has 1 amide bonds. The van der Waals surface area contributed by atoms with E-state index in [0.717, 1.165) is 29.7 Å². The fourth-order valence-corrected chi connectivity index (χ4v) is 5.13. The van der Waals surface area contributed by atoms with Crippen LogP contribution in [0.1, 0.15) is 30.0 Å². The maximum Gasteiger partial charge on any atom is 0.298 e. The molecule has 0 radical (unpaired) electrons. The van der Waals surface area contributed by atoms with Crippen LogP contribution in [-0.4, -0.2) is 51.3 Å². The number of nitrogens with two attached hydrogens (primary N) is 1. The van der Waals surface area contributed by atoms with Crippen LogP contribution in [0.3, 0.4) is 0 Å². The Morgan fingerprint density at radius 3 is 2.51 bits per heavy atom. The number of aliphatic imine (C=N–C) groups is 1. The molecule has 1 unspecified atom stereocenters. The molecule has 2 fully saturated rings. The van der Waals surface area contributed by atoms with Crippen LogP contribution in [0.15, 0.2) is 83.0 Å². The van der Waals surface area contributed by atoms with Gasteiger partial charge in [-0.15, -0.1) is 0 Å². The van der Waals surface area contributed by atoms with Gasteiger partial charge in [0.25, 0.3) is 5.56 Å². The SMILES string of the molecule is NC(=O)C1CN(c2nc(CCCN=CC3C[C@H]3c3ccc(F)cc3)cn(-c3ccc(-c4ncccn4)cc3)c2=O)C1. The van der Waals surface area contributed by atoms with Crippen molar-refractivity contribution in [2.45, 2.75) is 25.2 Å². The van der Waals surface area contributed by atoms with Gasteiger partial charge in [0.15, 0.2) is 11.6 Å². The summed E-state index contributed by atoms with van der Waals surface area (Å²) in [5, 5.41) is 0. The average molecular weight is 552 g/mol. The number of primary amides is 1. The third-order valence-electron chi connectivity index (χ3n) is 7.65. The number of anilines is 1. The Bertz CT molecular complexity index is 1620. The lowest BCUT2D eigenvalue weighted by molar-refractivity contribution is -0.122. The molecule has 4 aromatic rings. The fourth-order valence-electron chi connectivity index (χ4n) is 5.13. The molecule has 1 saturated heterocycles. The number of hydrogen-bond donors (Lipinski definition) is 1. The van der Waals surface area contributed by atoms with Gasteiger partial charge in [-0.2, -0.15) is 0 Å². The minimum Gasteiger partial charge on any atom is -0.369 e. The van der Waals surface area contributed by atoms with Crippen molar-refractivity contribution in [3.8, 4) is 17.1 Å². The largest absolute Gasteiger partial charge is 0.369 e. The summed E-state index contributed by atoms with van der Waals surface area (Å²) < 4.78 is 14.8. The van der Waals surface area contributed by atoms with E-state index in [4.69, 9.17) is 5.73 Å². The predicted octanol–water partition coefficient (Wildman–Crippen LogP) is 3.56. The van der Waals surface area contributed by atoms with Crippen LogP contribution >= 0.6 is 0 Å². The molecule has 208 valence electrons. The molecule has 9 nitrogen and oxygen atoms in total. The van der Waals surface area contributed by atoms with Crippen molar-refractivity contribution < 1.29 is 9.18 Å². The Morgan fingerprint density at radius 1 is 1.07 bits per heavy atom. The molecular formula is C31H30FN7O2. The molecule has 0 spiro atoms. The molecule has 2 atom stereocenters. The fraction of sp³-hybridized carbons (Fsp3) is 0.290. The van der Waals surface area contributed by atoms with Crippen LogP contribution in [0.4, 0.5) is 10.2 Å². The van der Waals surface area contributed by atoms with Gasteiger partial charge in [-0.3, -0.25) is 19.1 Å². The first-order valence-corrected chi connectivity index (χ1v) is 13.8. The van der Waals surface area contributed by atoms with Crippen molar-refractivity contribution in [2.75, 3.05) is 24.5 Å². The zero-order valence-corrected chi connectivity index (χ0v) is 22.4. The lowest BCUT2D eigenvalue weighted by Gasteiger charge is -2.38. The van der Waals surface area contributed by atoms with Gasteiger partial charge in [-0.05, 0) is 73.2 Å². The monoisotopic (exact) mass is 551 g/mol. The summed E-state index contributed by atoms with van der Waals surface area (Å²) in [5.74, 6) is 0.855. The van der Waals surface area contributed by atoms with Gasteiger partial charge in [0.05, 0.1) is 11.6 Å². The molecule has 1 saturated carbocycles. The van der Waals surface area contributed by atoms with Crippen LogP contribution in [0.25, 0.3) is 17.1 Å². The minimum atomic E-state index is -0.369. The third kappa shape index (κ3) is 5.91. The van der Waals surface area contributed by atoms with Crippen molar-refractivity contribution in [2.24, 2.45) is 22.6 Å². The topological polar surface area (TPSA) is 119 Å². The summed E-state index contributed by atoms with van der Waals surface area (Å²) in [6.45, 7) is 1.40. The summed E-state index contributed by atoms with van der Waals surface area (Å²) in [6.07, 6.45) is 9.60. The number of carbonyl (C=O) groups is 1. The lowest BCUT2D eigenvalue weighted by atomic mass is 10.00. The average Bonchev–Trinajstić information content (AvgIpc) is 3.74. The Hall–Kier alpha value is -4.73. The molecule has 1 aliphatic heterocycles. The standard InChI is InChI=1S/C31H30FN7O2/c32-24-8-4-20(5-9-24)27-15-22(27)16-34-12-1-3-25-19-39(31(41)30(37-25)38-17-23(18-38)28(33)40)26-10-6-21(7-11-26)29-35-13-2-14-36-29/h2,4-11,13-14,16,19,22-23,27H,1,3,12,15,17-18H2,(H2,33,40)/t22?,27-/m0/s1. The first kappa shape index (κ1) is 26.5. The number of carbonyl (C=O) groups excluding carboxylic acids is 1. The van der Waals surface area contributed by atoms with E-state index < -0.39 is 0 Å². The minimum absolute atomic E-state index is 0.219. The molecule has 2 aromatic heterocycles. The van der Waals surface area contributed by atoms with Crippen molar-refractivity contribution >= 4 is 17.9 Å². The molecule has 6 rings (SSSR count). The molecule has 2 aliphatic rings. The van der Waals surface area contributed by atoms with Crippen LogP contribution < -0.4 is 16.2 Å². The summed E-state index contributed by atoms with van der Waals surface area (Å²) in [5.41, 5.74) is 8.66. The Kier molecular flexibility index (Phi) is 7.37. The summed E-state index contributed by atoms with van der Waals surface area (Å²) in [4.78, 5) is 44.7. The second kappa shape index (κ2) is 11.4. The van der Waals surface area contributed by atoms with Crippen LogP contribution in [0, 0.1) is 17.7 Å². The number of rotatable bonds is 10. The summed E-state index contributed by atoms with van der Waals surface area (Å²) >= 11 is 0. The summed E-state index contributed by atoms with van der Waals surface area (Å²) in [6, 6.07) is 16.0. The maximum atomic E-state index is 13.5. The van der Waals surface area contributed by atoms with E-state index in [1.807, 2.05) is 47.5 Å². The Morgan fingerprint density at radius 2 is 1.80 bits per heavy atom. The third-order valence-corrected chi connectivity index (χ3v) is 7.65. The van der Waals surface area contributed by atoms with E-state index in [1.165, 1.54) is 12.1 Å². The number of nitrogens with zero attached hydrogens (tertiary/aromatic N) is 6. The van der Waals surface area contributed by atoms with Gasteiger partial charge in [0, 0.05) is 61.6 Å². The van der Waals surface area contributed by atoms with E-state index in [-0.39, 0.29) is 23.2 Å². The molecule has 1 aliphatic carbocycles. The molecule has 41 heavy (non-hydrogen) atoms. The first-order valence-electron chi connectivity index (χ1n) is 13.8. The highest BCUT2D eigenvalue weighted by Gasteiger charge is 2.37. The van der Waals surface area contributed by atoms with Gasteiger partial charge in [0.2, 0.25) is 5.91 Å². The molecular weight excluding hydrogens is 521 g/mol. The van der Waals surface area contributed by atoms with Gasteiger partial charge in [-0.1, -0.05) is 12.1 Å². The molecule has 2 aromatic carbocycles. The van der Waals surface area contributed by atoms with Crippen molar-refractivity contribution in [1.29, 1.82) is 0 Å². The quantitative estimate of drug-likeness (QED) is 0.238. The number of aryl methyl sites for hydroxylation is 1. The Labute approximate surface area is 236 Å². The number of halogens is 1. The van der Waals surface area contributed by atoms with E-state index in [1.54, 1.807) is 29.2 Å². The molecule has 10 heteroatoms. The number of amides is 1. The van der Waals surface area contributed by atoms with Crippen molar-refractivity contribution in [3.63, 3.8) is 0 Å². The highest BCUT2D eigenvalue weighted by atomic mass is 19.1. The van der Waals surface area contributed by atoms with E-state index >= 15 is 0 Å². The maximum absolute atomic E-state index is 13.5. The number of benzene rings is 2. The predicted molar refractivity (Wildman–Crippen MR) is 155 cm³/mol.